The number of anilines is 4. The third-order valence-corrected chi connectivity index (χ3v) is 21.6. The zero-order chi connectivity index (χ0) is 92.5. The molecule has 0 aromatic heterocycles. The van der Waals surface area contributed by atoms with Gasteiger partial charge < -0.3 is 115 Å². The molecule has 14 amide bonds. The van der Waals surface area contributed by atoms with Gasteiger partial charge in [0.15, 0.2) is 23.0 Å². The minimum Gasteiger partial charge on any atom is -0.493 e. The molecule has 40 nitrogen and oxygen atoms in total. The highest BCUT2D eigenvalue weighted by molar-refractivity contribution is 6.08. The number of carbonyl (C=O) groups excluding carboxylic acids is 14. The van der Waals surface area contributed by atoms with Gasteiger partial charge in [-0.2, -0.15) is 0 Å². The maximum Gasteiger partial charge on any atom is 0.414 e. The van der Waals surface area contributed by atoms with Gasteiger partial charge in [0.1, 0.15) is 56.6 Å². The molecule has 1 unspecified atom stereocenters. The Hall–Kier alpha value is -13.0. The van der Waals surface area contributed by atoms with Crippen LogP contribution in [0.25, 0.3) is 0 Å². The predicted molar refractivity (Wildman–Crippen MR) is 462 cm³/mol. The molecule has 4 aromatic carbocycles. The van der Waals surface area contributed by atoms with Crippen LogP contribution < -0.4 is 81.9 Å². The third-order valence-electron chi connectivity index (χ3n) is 21.6. The molecular weight excluding hydrogens is 1670 g/mol. The Morgan fingerprint density at radius 3 is 1.54 bits per heavy atom. The van der Waals surface area contributed by atoms with Crippen molar-refractivity contribution in [1.29, 1.82) is 0 Å². The van der Waals surface area contributed by atoms with E-state index in [4.69, 9.17) is 52.5 Å². The van der Waals surface area contributed by atoms with Gasteiger partial charge in [0.2, 0.25) is 59.1 Å². The topological polar surface area (TPSA) is 502 Å². The Bertz CT molecular complexity index is 4660. The molecule has 8 aliphatic rings. The second-order valence-electron chi connectivity index (χ2n) is 31.4. The monoisotopic (exact) mass is 1780 g/mol. The van der Waals surface area contributed by atoms with E-state index in [0.717, 1.165) is 11.1 Å². The molecule has 694 valence electrons. The van der Waals surface area contributed by atoms with Crippen LogP contribution in [0.1, 0.15) is 143 Å². The Balaban J connectivity index is 1.00. The first-order valence-electron chi connectivity index (χ1n) is 42.5. The lowest BCUT2D eigenvalue weighted by Gasteiger charge is -2.33. The molecule has 128 heavy (non-hydrogen) atoms. The van der Waals surface area contributed by atoms with Crippen LogP contribution in [0.3, 0.4) is 0 Å². The second kappa shape index (κ2) is 49.2. The van der Waals surface area contributed by atoms with E-state index in [9.17, 15) is 71.9 Å². The summed E-state index contributed by atoms with van der Waals surface area (Å²) in [5.41, 5.74) is 3.54. The van der Waals surface area contributed by atoms with Crippen LogP contribution in [0.15, 0.2) is 97.1 Å². The molecule has 2 saturated heterocycles. The van der Waals surface area contributed by atoms with E-state index < -0.39 is 138 Å². The maximum absolute atomic E-state index is 14.8. The standard InChI is InChI=1S/C88H116N14O26/c1-52-38-61-47-101-68-43-72(70(121-8)40-62(68)85(115)99(61)45-52)125-32-15-33-126-73-44-69-63(41-71(73)122-9)86(116)100-46-53(2)39-67(100)56(5)102(69)88(118)128-49-58-21-25-60(26-22-58)95-83(113)65(17-11-13-30-91-78(107)51-124-37-35-120-7)98-81(111)55(4)93-84(114)66(96-75(104)18-14-31-89-74(103)27-28-79(108)109)42-76(105)92-54(3)80(110)97-64(16-10-12-29-90-77(106)50-123-36-34-119-6)82(112)94-59-23-19-57(20-24-59)48-127-87(101)117/h19-26,40-41,43-44,54-56,61,64-67H,1-2,10-18,27-39,42,45-51H2,3-9H3,(H,89,103)(H,90,106)(H,91,107)(H,92,105)(H,93,114)(H,94,112)(H,95,113)(H,96,104)(H,97,110)(H,98,111)(H,108,109)/t54-,55-,56?,61-,64-,65-,66+,67-/m0/s1. The SMILES string of the molecule is C=C1C[C@H]2CN3C(=O)OCc4ccc(cc4)NC(=O)[C@H](CCCCNC(=O)COCCOC)NC(=O)[C@H](C)NC(=O)C[C@@H](NC(=O)CCCNC(=O)CCC(=O)O)C(=O)N[C@@H](C)C(=O)N[C@@H](CCCCNC(=O)COCCOC)C(=O)Nc4ccc(cc4)COC(=O)N4c5cc(c(OC)cc5C(=O)N5CC(=C)C[C@H]5C4C)OCCCOc4cc3c(cc4OC)C(=O)N2C1. The summed E-state index contributed by atoms with van der Waals surface area (Å²) in [7, 11) is 5.79. The minimum absolute atomic E-state index is 0.00506. The average Bonchev–Trinajstić information content (AvgIpc) is 1.62. The molecule has 8 aliphatic heterocycles. The number of hydrogen-bond acceptors (Lipinski definition) is 25. The van der Waals surface area contributed by atoms with Gasteiger partial charge in [-0.1, -0.05) is 48.6 Å². The number of nitrogens with zero attached hydrogens (tertiary/aromatic N) is 4. The molecule has 2 fully saturated rings. The summed E-state index contributed by atoms with van der Waals surface area (Å²) >= 11 is 0. The number of carbonyl (C=O) groups is 15. The molecular formula is C88H116N14O26. The normalized spacial score (nSPS) is 20.7. The minimum atomic E-state index is -1.77. The summed E-state index contributed by atoms with van der Waals surface area (Å²) in [6.07, 6.45) is -1.54. The van der Waals surface area contributed by atoms with Crippen LogP contribution in [-0.4, -0.2) is 273 Å². The van der Waals surface area contributed by atoms with Gasteiger partial charge in [-0.25, -0.2) is 9.59 Å². The molecule has 0 radical (unpaired) electrons. The van der Waals surface area contributed by atoms with E-state index in [-0.39, 0.29) is 225 Å². The zero-order valence-electron chi connectivity index (χ0n) is 73.1. The average molecular weight is 1790 g/mol. The number of carboxylic acids is 1. The molecule has 8 heterocycles. The summed E-state index contributed by atoms with van der Waals surface area (Å²) in [4.78, 5) is 213. The van der Waals surface area contributed by atoms with Crippen molar-refractivity contribution in [2.75, 3.05) is 141 Å². The van der Waals surface area contributed by atoms with Crippen molar-refractivity contribution in [2.24, 2.45) is 0 Å². The summed E-state index contributed by atoms with van der Waals surface area (Å²) in [5.74, 6) is -8.79. The fourth-order valence-electron chi connectivity index (χ4n) is 14.7. The lowest BCUT2D eigenvalue weighted by Crippen LogP contribution is -2.56. The first-order chi connectivity index (χ1) is 61.4. The fourth-order valence-corrected chi connectivity index (χ4v) is 14.7. The van der Waals surface area contributed by atoms with E-state index in [0.29, 0.717) is 36.8 Å². The van der Waals surface area contributed by atoms with Crippen molar-refractivity contribution in [1.82, 2.24) is 52.3 Å². The summed E-state index contributed by atoms with van der Waals surface area (Å²) < 4.78 is 57.0. The number of aliphatic carboxylic acids is 1. The van der Waals surface area contributed by atoms with Crippen molar-refractivity contribution >= 4 is 112 Å². The summed E-state index contributed by atoms with van der Waals surface area (Å²) in [6.45, 7) is 13.2. The number of benzene rings is 4. The Morgan fingerprint density at radius 1 is 0.508 bits per heavy atom. The van der Waals surface area contributed by atoms with Gasteiger partial charge in [0.05, 0.1) is 114 Å². The third kappa shape index (κ3) is 29.0. The molecule has 8 atom stereocenters. The van der Waals surface area contributed by atoms with Crippen LogP contribution >= 0.6 is 0 Å². The van der Waals surface area contributed by atoms with Crippen LogP contribution in [-0.2, 0) is 94.4 Å². The summed E-state index contributed by atoms with van der Waals surface area (Å²) in [6, 6.07) is 9.54. The van der Waals surface area contributed by atoms with Gasteiger partial charge in [-0.05, 0) is 126 Å². The molecule has 8 bridgehead atoms. The molecule has 40 heteroatoms. The van der Waals surface area contributed by atoms with Gasteiger partial charge in [0.25, 0.3) is 11.8 Å². The molecule has 0 aliphatic carbocycles. The quantitative estimate of drug-likeness (QED) is 0.0257. The molecule has 12 rings (SSSR count). The number of fused-ring (bicyclic) bond motifs is 2. The number of carboxylic acid groups (broad SMARTS) is 1. The van der Waals surface area contributed by atoms with Gasteiger partial charge >= 0.3 is 18.2 Å². The van der Waals surface area contributed by atoms with Crippen LogP contribution in [0.5, 0.6) is 23.0 Å². The Labute approximate surface area is 740 Å². The molecule has 11 N–H and O–H groups in total. The number of rotatable bonds is 30. The highest BCUT2D eigenvalue weighted by atomic mass is 16.6. The van der Waals surface area contributed by atoms with E-state index in [1.54, 1.807) is 41.0 Å². The van der Waals surface area contributed by atoms with E-state index in [1.807, 2.05) is 0 Å². The molecule has 0 saturated carbocycles. The van der Waals surface area contributed by atoms with Crippen LogP contribution in [0.4, 0.5) is 32.3 Å². The number of unbranched alkanes of at least 4 members (excludes halogenated alkanes) is 2. The Kier molecular flexibility index (Phi) is 38.0. The fraction of sp³-hybridized carbons (Fsp3) is 0.511. The lowest BCUT2D eigenvalue weighted by atomic mass is 10.0. The maximum atomic E-state index is 14.8. The Morgan fingerprint density at radius 2 is 1.00 bits per heavy atom. The van der Waals surface area contributed by atoms with Crippen molar-refractivity contribution in [3.8, 4) is 23.0 Å². The van der Waals surface area contributed by atoms with E-state index in [1.165, 1.54) is 101 Å². The number of methoxy groups -OCH3 is 4. The van der Waals surface area contributed by atoms with Crippen molar-refractivity contribution in [2.45, 2.75) is 172 Å². The highest BCUT2D eigenvalue weighted by Gasteiger charge is 2.46. The van der Waals surface area contributed by atoms with Crippen molar-refractivity contribution in [3.05, 3.63) is 119 Å². The summed E-state index contributed by atoms with van der Waals surface area (Å²) in [5, 5.41) is 35.5. The van der Waals surface area contributed by atoms with Crippen molar-refractivity contribution in [3.63, 3.8) is 0 Å². The number of amides is 14. The largest absolute Gasteiger partial charge is 0.493 e. The van der Waals surface area contributed by atoms with Gasteiger partial charge in [0, 0.05) is 89.7 Å². The lowest BCUT2D eigenvalue weighted by molar-refractivity contribution is -0.138. The van der Waals surface area contributed by atoms with E-state index >= 15 is 0 Å². The van der Waals surface area contributed by atoms with Gasteiger partial charge in [-0.15, -0.1) is 0 Å². The van der Waals surface area contributed by atoms with Crippen molar-refractivity contribution < 1.29 is 124 Å². The molecule has 0 spiro atoms. The van der Waals surface area contributed by atoms with Crippen LogP contribution in [0, 0.1) is 0 Å². The first-order valence-corrected chi connectivity index (χ1v) is 42.5. The van der Waals surface area contributed by atoms with Crippen LogP contribution in [0.2, 0.25) is 0 Å². The highest BCUT2D eigenvalue weighted by Crippen LogP contribution is 2.44. The zero-order valence-corrected chi connectivity index (χ0v) is 73.1. The van der Waals surface area contributed by atoms with Gasteiger partial charge in [-0.3, -0.25) is 72.1 Å². The smallest absolute Gasteiger partial charge is 0.414 e. The number of hydrogen-bond donors (Lipinski definition) is 11. The first kappa shape index (κ1) is 98.8. The predicted octanol–water partition coefficient (Wildman–Crippen LogP) is 4.20. The molecule has 4 aromatic rings. The number of nitrogens with one attached hydrogen (secondary N) is 10. The number of ether oxygens (including phenoxy) is 10. The second-order valence-corrected chi connectivity index (χ2v) is 31.4. The van der Waals surface area contributed by atoms with E-state index in [2.05, 4.69) is 66.3 Å².